The van der Waals surface area contributed by atoms with E-state index in [4.69, 9.17) is 19.4 Å². The average Bonchev–Trinajstić information content (AvgIpc) is 3.33. The summed E-state index contributed by atoms with van der Waals surface area (Å²) in [6.07, 6.45) is 3.20. The van der Waals surface area contributed by atoms with Crippen molar-refractivity contribution in [1.29, 1.82) is 0 Å². The molecule has 7 nitrogen and oxygen atoms in total. The Morgan fingerprint density at radius 2 is 2.04 bits per heavy atom. The van der Waals surface area contributed by atoms with Gasteiger partial charge in [-0.2, -0.15) is 4.98 Å². The summed E-state index contributed by atoms with van der Waals surface area (Å²) in [4.78, 5) is 8.63. The SMILES string of the molecule is Cl.NCc1ccc(-c2noc(-c3ncoc3C3CCCO3)n2)cc1. The highest BCUT2D eigenvalue weighted by Gasteiger charge is 2.28. The Balaban J connectivity index is 0.00000169. The molecule has 0 aliphatic carbocycles. The van der Waals surface area contributed by atoms with Crippen molar-refractivity contribution in [2.45, 2.75) is 25.5 Å². The van der Waals surface area contributed by atoms with Crippen molar-refractivity contribution < 1.29 is 13.7 Å². The van der Waals surface area contributed by atoms with Crippen LogP contribution in [0.15, 0.2) is 39.6 Å². The quantitative estimate of drug-likeness (QED) is 0.772. The predicted molar refractivity (Wildman–Crippen MR) is 88.3 cm³/mol. The van der Waals surface area contributed by atoms with Gasteiger partial charge in [0.2, 0.25) is 5.82 Å². The normalized spacial score (nSPS) is 17.0. The minimum Gasteiger partial charge on any atom is -0.445 e. The minimum atomic E-state index is -0.0910. The van der Waals surface area contributed by atoms with Crippen molar-refractivity contribution in [1.82, 2.24) is 15.1 Å². The van der Waals surface area contributed by atoms with Gasteiger partial charge in [0.1, 0.15) is 6.10 Å². The fourth-order valence-electron chi connectivity index (χ4n) is 2.66. The largest absolute Gasteiger partial charge is 0.445 e. The summed E-state index contributed by atoms with van der Waals surface area (Å²) >= 11 is 0. The molecule has 3 aromatic rings. The molecule has 0 radical (unpaired) electrons. The molecule has 1 unspecified atom stereocenters. The third-order valence-electron chi connectivity index (χ3n) is 3.89. The number of hydrogen-bond acceptors (Lipinski definition) is 7. The third-order valence-corrected chi connectivity index (χ3v) is 3.89. The molecule has 1 saturated heterocycles. The minimum absolute atomic E-state index is 0. The first-order valence-corrected chi connectivity index (χ1v) is 7.53. The molecule has 2 aromatic heterocycles. The highest BCUT2D eigenvalue weighted by atomic mass is 35.5. The van der Waals surface area contributed by atoms with E-state index in [1.165, 1.54) is 6.39 Å². The number of nitrogens with zero attached hydrogens (tertiary/aromatic N) is 3. The van der Waals surface area contributed by atoms with Crippen molar-refractivity contribution in [3.63, 3.8) is 0 Å². The van der Waals surface area contributed by atoms with Crippen LogP contribution in [0, 0.1) is 0 Å². The van der Waals surface area contributed by atoms with Gasteiger partial charge in [-0.25, -0.2) is 4.98 Å². The molecule has 1 atom stereocenters. The zero-order chi connectivity index (χ0) is 15.6. The van der Waals surface area contributed by atoms with Crippen LogP contribution in [0.1, 0.15) is 30.3 Å². The lowest BCUT2D eigenvalue weighted by atomic mass is 10.1. The van der Waals surface area contributed by atoms with Crippen LogP contribution in [-0.4, -0.2) is 21.7 Å². The van der Waals surface area contributed by atoms with Crippen LogP contribution >= 0.6 is 12.4 Å². The first kappa shape index (κ1) is 16.6. The fraction of sp³-hybridized carbons (Fsp3) is 0.312. The standard InChI is InChI=1S/C16H16N4O3.ClH/c17-8-10-3-5-11(6-4-10)15-19-16(23-20-15)13-14(22-9-18-13)12-2-1-7-21-12;/h3-6,9,12H,1-2,7-8,17H2;1H. The van der Waals surface area contributed by atoms with Crippen molar-refractivity contribution in [2.75, 3.05) is 6.61 Å². The monoisotopic (exact) mass is 348 g/mol. The Morgan fingerprint density at radius 1 is 1.21 bits per heavy atom. The van der Waals surface area contributed by atoms with Gasteiger partial charge in [-0.05, 0) is 18.4 Å². The molecular weight excluding hydrogens is 332 g/mol. The molecule has 0 spiro atoms. The van der Waals surface area contributed by atoms with Crippen molar-refractivity contribution in [2.24, 2.45) is 5.73 Å². The molecule has 0 amide bonds. The number of hydrogen-bond donors (Lipinski definition) is 1. The van der Waals surface area contributed by atoms with E-state index in [-0.39, 0.29) is 18.5 Å². The van der Waals surface area contributed by atoms with Gasteiger partial charge >= 0.3 is 0 Å². The Bertz CT molecular complexity index is 794. The van der Waals surface area contributed by atoms with Crippen LogP contribution in [0.25, 0.3) is 23.0 Å². The summed E-state index contributed by atoms with van der Waals surface area (Å²) in [5, 5.41) is 4.03. The molecule has 3 heterocycles. The van der Waals surface area contributed by atoms with Gasteiger partial charge in [-0.3, -0.25) is 0 Å². The molecule has 0 saturated carbocycles. The summed E-state index contributed by atoms with van der Waals surface area (Å²) in [6.45, 7) is 1.23. The molecule has 24 heavy (non-hydrogen) atoms. The zero-order valence-electron chi connectivity index (χ0n) is 12.8. The number of oxazole rings is 1. The molecule has 1 fully saturated rings. The smallest absolute Gasteiger partial charge is 0.280 e. The molecule has 1 aliphatic rings. The van der Waals surface area contributed by atoms with Crippen molar-refractivity contribution >= 4 is 12.4 Å². The lowest BCUT2D eigenvalue weighted by Crippen LogP contribution is -1.96. The lowest BCUT2D eigenvalue weighted by Gasteiger charge is -2.05. The molecule has 126 valence electrons. The highest BCUT2D eigenvalue weighted by Crippen LogP contribution is 2.34. The Labute approximate surface area is 144 Å². The molecule has 1 aromatic carbocycles. The number of ether oxygens (including phenoxy) is 1. The van der Waals surface area contributed by atoms with Crippen LogP contribution in [0.3, 0.4) is 0 Å². The second-order valence-electron chi connectivity index (χ2n) is 5.39. The predicted octanol–water partition coefficient (Wildman–Crippen LogP) is 3.12. The van der Waals surface area contributed by atoms with Gasteiger partial charge in [0.05, 0.1) is 0 Å². The van der Waals surface area contributed by atoms with E-state index in [0.29, 0.717) is 29.7 Å². The van der Waals surface area contributed by atoms with E-state index in [2.05, 4.69) is 15.1 Å². The number of nitrogens with two attached hydrogens (primary N) is 1. The number of aromatic nitrogens is 3. The second-order valence-corrected chi connectivity index (χ2v) is 5.39. The van der Waals surface area contributed by atoms with E-state index >= 15 is 0 Å². The van der Waals surface area contributed by atoms with E-state index in [9.17, 15) is 0 Å². The summed E-state index contributed by atoms with van der Waals surface area (Å²) in [6, 6.07) is 7.72. The van der Waals surface area contributed by atoms with Gasteiger partial charge in [-0.15, -0.1) is 12.4 Å². The van der Waals surface area contributed by atoms with Gasteiger partial charge < -0.3 is 19.4 Å². The summed E-state index contributed by atoms with van der Waals surface area (Å²) in [7, 11) is 0. The summed E-state index contributed by atoms with van der Waals surface area (Å²) in [5.41, 5.74) is 8.06. The molecule has 1 aliphatic heterocycles. The van der Waals surface area contributed by atoms with Crippen LogP contribution < -0.4 is 5.73 Å². The number of rotatable bonds is 4. The molecule has 4 rings (SSSR count). The first-order valence-electron chi connectivity index (χ1n) is 7.53. The van der Waals surface area contributed by atoms with Crippen LogP contribution in [0.2, 0.25) is 0 Å². The van der Waals surface area contributed by atoms with Gasteiger partial charge in [0.15, 0.2) is 17.8 Å². The fourth-order valence-corrected chi connectivity index (χ4v) is 2.66. The van der Waals surface area contributed by atoms with Crippen molar-refractivity contribution in [3.8, 4) is 23.0 Å². The molecule has 2 N–H and O–H groups in total. The van der Waals surface area contributed by atoms with Gasteiger partial charge in [-0.1, -0.05) is 29.4 Å². The Hall–Kier alpha value is -2.22. The van der Waals surface area contributed by atoms with E-state index < -0.39 is 0 Å². The Kier molecular flexibility index (Phi) is 4.94. The average molecular weight is 349 g/mol. The maximum absolute atomic E-state index is 5.64. The van der Waals surface area contributed by atoms with E-state index in [1.54, 1.807) is 0 Å². The number of benzene rings is 1. The van der Waals surface area contributed by atoms with Crippen LogP contribution in [0.5, 0.6) is 0 Å². The summed E-state index contributed by atoms with van der Waals surface area (Å²) < 4.78 is 16.5. The lowest BCUT2D eigenvalue weighted by molar-refractivity contribution is 0.0939. The maximum atomic E-state index is 5.64. The highest BCUT2D eigenvalue weighted by molar-refractivity contribution is 5.85. The van der Waals surface area contributed by atoms with Crippen LogP contribution in [-0.2, 0) is 11.3 Å². The molecule has 0 bridgehead atoms. The van der Waals surface area contributed by atoms with Crippen LogP contribution in [0.4, 0.5) is 0 Å². The zero-order valence-corrected chi connectivity index (χ0v) is 13.7. The second kappa shape index (κ2) is 7.12. The Morgan fingerprint density at radius 3 is 2.75 bits per heavy atom. The number of halogens is 1. The maximum Gasteiger partial charge on any atom is 0.280 e. The van der Waals surface area contributed by atoms with Crippen molar-refractivity contribution in [3.05, 3.63) is 42.0 Å². The third kappa shape index (κ3) is 3.06. The first-order chi connectivity index (χ1) is 11.3. The van der Waals surface area contributed by atoms with E-state index in [0.717, 1.165) is 30.6 Å². The molecular formula is C16H17ClN4O3. The van der Waals surface area contributed by atoms with Gasteiger partial charge in [0, 0.05) is 18.7 Å². The summed E-state index contributed by atoms with van der Waals surface area (Å²) in [5.74, 6) is 1.49. The van der Waals surface area contributed by atoms with E-state index in [1.807, 2.05) is 24.3 Å². The van der Waals surface area contributed by atoms with Gasteiger partial charge in [0.25, 0.3) is 5.89 Å². The molecule has 8 heteroatoms. The topological polar surface area (TPSA) is 100 Å².